The number of ether oxygens (including phenoxy) is 2. The lowest BCUT2D eigenvalue weighted by Crippen LogP contribution is -2.33. The second-order valence-corrected chi connectivity index (χ2v) is 8.50. The number of aliphatic hydroxyl groups excluding tert-OH is 1. The molecule has 2 fully saturated rings. The van der Waals surface area contributed by atoms with E-state index in [1.165, 1.54) is 24.9 Å². The lowest BCUT2D eigenvalue weighted by molar-refractivity contribution is 0.115. The van der Waals surface area contributed by atoms with Crippen LogP contribution in [-0.2, 0) is 0 Å². The van der Waals surface area contributed by atoms with Crippen molar-refractivity contribution in [3.63, 3.8) is 0 Å². The molecule has 1 aliphatic heterocycles. The van der Waals surface area contributed by atoms with Crippen molar-refractivity contribution in [1.82, 2.24) is 5.32 Å². The molecule has 0 amide bonds. The van der Waals surface area contributed by atoms with Crippen molar-refractivity contribution < 1.29 is 14.6 Å². The molecule has 0 spiro atoms. The molecule has 0 radical (unpaired) electrons. The van der Waals surface area contributed by atoms with Crippen LogP contribution in [0.3, 0.4) is 0 Å². The number of benzene rings is 2. The van der Waals surface area contributed by atoms with Crippen LogP contribution in [0.5, 0.6) is 11.5 Å². The zero-order chi connectivity index (χ0) is 20.9. The molecular weight excluding hydrogens is 376 g/mol. The van der Waals surface area contributed by atoms with Gasteiger partial charge >= 0.3 is 0 Å². The SMILES string of the molecule is CCNC(O)C(C)c1ccc(O[C@@H]2CCN(c3ccc(OC4CCC4)cc3)C2)cc1. The van der Waals surface area contributed by atoms with Gasteiger partial charge in [0.15, 0.2) is 0 Å². The molecule has 1 saturated carbocycles. The van der Waals surface area contributed by atoms with E-state index in [1.54, 1.807) is 0 Å². The standard InChI is InChI=1S/C25H34N2O3/c1-3-26-25(28)18(2)19-7-11-22(12-8-19)30-24-15-16-27(17-24)20-9-13-23(14-10-20)29-21-5-4-6-21/h7-14,18,21,24-26,28H,3-6,15-17H2,1-2H3/t18?,24-,25?/m1/s1. The summed E-state index contributed by atoms with van der Waals surface area (Å²) in [6.45, 7) is 6.66. The van der Waals surface area contributed by atoms with Crippen LogP contribution in [0, 0.1) is 0 Å². The number of hydrogen-bond donors (Lipinski definition) is 2. The maximum Gasteiger partial charge on any atom is 0.119 e. The zero-order valence-electron chi connectivity index (χ0n) is 18.1. The summed E-state index contributed by atoms with van der Waals surface area (Å²) in [5.74, 6) is 1.90. The average molecular weight is 411 g/mol. The first kappa shape index (κ1) is 21.0. The van der Waals surface area contributed by atoms with E-state index in [0.29, 0.717) is 6.10 Å². The predicted molar refractivity (Wildman–Crippen MR) is 120 cm³/mol. The molecule has 0 bridgehead atoms. The molecule has 1 heterocycles. The Bertz CT molecular complexity index is 789. The molecule has 5 heteroatoms. The van der Waals surface area contributed by atoms with Crippen LogP contribution < -0.4 is 19.7 Å². The lowest BCUT2D eigenvalue weighted by atomic mass is 9.96. The highest BCUT2D eigenvalue weighted by Crippen LogP contribution is 2.29. The van der Waals surface area contributed by atoms with Gasteiger partial charge in [0.1, 0.15) is 23.8 Å². The highest BCUT2D eigenvalue weighted by molar-refractivity contribution is 5.50. The van der Waals surface area contributed by atoms with Crippen LogP contribution in [0.25, 0.3) is 0 Å². The van der Waals surface area contributed by atoms with Crippen molar-refractivity contribution in [3.05, 3.63) is 54.1 Å². The van der Waals surface area contributed by atoms with Crippen LogP contribution in [-0.4, -0.2) is 43.2 Å². The summed E-state index contributed by atoms with van der Waals surface area (Å²) in [5, 5.41) is 13.2. The largest absolute Gasteiger partial charge is 0.490 e. The number of nitrogens with zero attached hydrogens (tertiary/aromatic N) is 1. The normalized spacial score (nSPS) is 21.2. The van der Waals surface area contributed by atoms with Crippen LogP contribution in [0.15, 0.2) is 48.5 Å². The second-order valence-electron chi connectivity index (χ2n) is 8.50. The van der Waals surface area contributed by atoms with Crippen molar-refractivity contribution in [2.45, 2.75) is 63.9 Å². The summed E-state index contributed by atoms with van der Waals surface area (Å²) < 4.78 is 12.2. The summed E-state index contributed by atoms with van der Waals surface area (Å²) in [7, 11) is 0. The van der Waals surface area contributed by atoms with E-state index in [1.807, 2.05) is 38.1 Å². The predicted octanol–water partition coefficient (Wildman–Crippen LogP) is 4.31. The molecule has 2 aromatic rings. The highest BCUT2D eigenvalue weighted by Gasteiger charge is 2.25. The van der Waals surface area contributed by atoms with Crippen LogP contribution in [0.1, 0.15) is 51.0 Å². The molecule has 2 aromatic carbocycles. The third kappa shape index (κ3) is 5.08. The Morgan fingerprint density at radius 2 is 1.60 bits per heavy atom. The number of nitrogens with one attached hydrogen (secondary N) is 1. The number of likely N-dealkylation sites (N-methyl/N-ethyl adjacent to an activating group) is 1. The van der Waals surface area contributed by atoms with Gasteiger partial charge in [0.05, 0.1) is 12.6 Å². The monoisotopic (exact) mass is 410 g/mol. The van der Waals surface area contributed by atoms with Gasteiger partial charge < -0.3 is 19.5 Å². The van der Waals surface area contributed by atoms with Gasteiger partial charge in [-0.2, -0.15) is 0 Å². The summed E-state index contributed by atoms with van der Waals surface area (Å²) in [6.07, 6.45) is 4.74. The van der Waals surface area contributed by atoms with Gasteiger partial charge in [-0.15, -0.1) is 0 Å². The molecule has 30 heavy (non-hydrogen) atoms. The van der Waals surface area contributed by atoms with Crippen LogP contribution in [0.4, 0.5) is 5.69 Å². The van der Waals surface area contributed by atoms with E-state index in [9.17, 15) is 5.11 Å². The third-order valence-corrected chi connectivity index (χ3v) is 6.30. The van der Waals surface area contributed by atoms with Gasteiger partial charge in [-0.25, -0.2) is 0 Å². The Kier molecular flexibility index (Phi) is 6.80. The quantitative estimate of drug-likeness (QED) is 0.604. The van der Waals surface area contributed by atoms with Gasteiger partial charge in [0.2, 0.25) is 0 Å². The number of rotatable bonds is 9. The van der Waals surface area contributed by atoms with Crippen molar-refractivity contribution in [1.29, 1.82) is 0 Å². The molecule has 2 N–H and O–H groups in total. The second kappa shape index (κ2) is 9.71. The average Bonchev–Trinajstić information content (AvgIpc) is 3.20. The molecule has 2 aliphatic rings. The van der Waals surface area contributed by atoms with E-state index in [2.05, 4.69) is 34.5 Å². The minimum atomic E-state index is -0.532. The van der Waals surface area contributed by atoms with Gasteiger partial charge in [-0.1, -0.05) is 26.0 Å². The molecule has 1 saturated heterocycles. The Hall–Kier alpha value is -2.24. The highest BCUT2D eigenvalue weighted by atomic mass is 16.5. The van der Waals surface area contributed by atoms with Gasteiger partial charge in [-0.05, 0) is 67.8 Å². The van der Waals surface area contributed by atoms with E-state index in [-0.39, 0.29) is 12.0 Å². The first-order valence-electron chi connectivity index (χ1n) is 11.3. The fourth-order valence-corrected chi connectivity index (χ4v) is 4.09. The third-order valence-electron chi connectivity index (χ3n) is 6.30. The molecule has 5 nitrogen and oxygen atoms in total. The van der Waals surface area contributed by atoms with E-state index in [4.69, 9.17) is 9.47 Å². The topological polar surface area (TPSA) is 54.0 Å². The minimum Gasteiger partial charge on any atom is -0.490 e. The fraction of sp³-hybridized carbons (Fsp3) is 0.520. The lowest BCUT2D eigenvalue weighted by Gasteiger charge is -2.26. The molecule has 3 atom stereocenters. The van der Waals surface area contributed by atoms with Crippen LogP contribution in [0.2, 0.25) is 0 Å². The first-order chi connectivity index (χ1) is 14.6. The van der Waals surface area contributed by atoms with Crippen molar-refractivity contribution in [2.24, 2.45) is 0 Å². The molecular formula is C25H34N2O3. The molecule has 0 aromatic heterocycles. The maximum absolute atomic E-state index is 10.1. The number of hydrogen-bond acceptors (Lipinski definition) is 5. The van der Waals surface area contributed by atoms with Crippen molar-refractivity contribution in [2.75, 3.05) is 24.5 Å². The summed E-state index contributed by atoms with van der Waals surface area (Å²) in [5.41, 5.74) is 2.33. The maximum atomic E-state index is 10.1. The summed E-state index contributed by atoms with van der Waals surface area (Å²) >= 11 is 0. The molecule has 2 unspecified atom stereocenters. The van der Waals surface area contributed by atoms with Gasteiger partial charge in [0, 0.05) is 24.6 Å². The first-order valence-corrected chi connectivity index (χ1v) is 11.3. The number of aliphatic hydroxyl groups is 1. The summed E-state index contributed by atoms with van der Waals surface area (Å²) in [4.78, 5) is 2.38. The Morgan fingerprint density at radius 1 is 0.967 bits per heavy atom. The minimum absolute atomic E-state index is 0.0391. The van der Waals surface area contributed by atoms with E-state index >= 15 is 0 Å². The van der Waals surface area contributed by atoms with Crippen molar-refractivity contribution >= 4 is 5.69 Å². The smallest absolute Gasteiger partial charge is 0.119 e. The molecule has 4 rings (SSSR count). The zero-order valence-corrected chi connectivity index (χ0v) is 18.1. The van der Waals surface area contributed by atoms with Gasteiger partial charge in [-0.3, -0.25) is 5.32 Å². The molecule has 162 valence electrons. The fourth-order valence-electron chi connectivity index (χ4n) is 4.09. The van der Waals surface area contributed by atoms with E-state index < -0.39 is 6.23 Å². The Morgan fingerprint density at radius 3 is 2.20 bits per heavy atom. The molecule has 1 aliphatic carbocycles. The Balaban J connectivity index is 1.28. The van der Waals surface area contributed by atoms with E-state index in [0.717, 1.165) is 43.1 Å². The number of anilines is 1. The van der Waals surface area contributed by atoms with Crippen molar-refractivity contribution in [3.8, 4) is 11.5 Å². The summed E-state index contributed by atoms with van der Waals surface area (Å²) in [6, 6.07) is 16.6. The van der Waals surface area contributed by atoms with Crippen LogP contribution >= 0.6 is 0 Å². The Labute approximate surface area is 180 Å². The van der Waals surface area contributed by atoms with Gasteiger partial charge in [0.25, 0.3) is 0 Å².